The van der Waals surface area contributed by atoms with Crippen molar-refractivity contribution in [1.82, 2.24) is 15.2 Å². The molecule has 0 aliphatic carbocycles. The number of carbonyl (C=O) groups is 2. The van der Waals surface area contributed by atoms with Crippen molar-refractivity contribution in [2.24, 2.45) is 0 Å². The van der Waals surface area contributed by atoms with Gasteiger partial charge in [-0.25, -0.2) is 4.79 Å². The third-order valence-corrected chi connectivity index (χ3v) is 8.19. The number of likely N-dealkylation sites (tertiary alicyclic amines) is 1. The molecule has 2 unspecified atom stereocenters. The zero-order chi connectivity index (χ0) is 26.2. The van der Waals surface area contributed by atoms with Gasteiger partial charge in [-0.05, 0) is 47.4 Å². The van der Waals surface area contributed by atoms with Gasteiger partial charge in [-0.1, -0.05) is 63.2 Å². The van der Waals surface area contributed by atoms with Crippen molar-refractivity contribution in [2.75, 3.05) is 18.8 Å². The number of benzene rings is 2. The summed E-state index contributed by atoms with van der Waals surface area (Å²) in [5, 5.41) is 3.00. The van der Waals surface area contributed by atoms with Gasteiger partial charge in [-0.15, -0.1) is 11.8 Å². The first kappa shape index (κ1) is 25.3. The summed E-state index contributed by atoms with van der Waals surface area (Å²) in [5.41, 5.74) is 3.23. The SMILES string of the molecule is CCSc1ccc(CNC(=O)N2CC(c3ccccc3)C3(C2)Oc2c(C(C)C)ccc(C)c2C3=O)nc1. The van der Waals surface area contributed by atoms with Crippen LogP contribution in [0.1, 0.15) is 65.3 Å². The number of hydrogen-bond acceptors (Lipinski definition) is 5. The van der Waals surface area contributed by atoms with Crippen molar-refractivity contribution in [3.05, 3.63) is 88.7 Å². The summed E-state index contributed by atoms with van der Waals surface area (Å²) in [6.45, 7) is 9.18. The van der Waals surface area contributed by atoms with Gasteiger partial charge < -0.3 is 15.0 Å². The van der Waals surface area contributed by atoms with Crippen LogP contribution < -0.4 is 10.1 Å². The third kappa shape index (κ3) is 4.61. The predicted molar refractivity (Wildman–Crippen MR) is 147 cm³/mol. The largest absolute Gasteiger partial charge is 0.475 e. The fourth-order valence-electron chi connectivity index (χ4n) is 5.40. The Labute approximate surface area is 222 Å². The molecule has 1 fully saturated rings. The Kier molecular flexibility index (Phi) is 6.99. The van der Waals surface area contributed by atoms with E-state index in [0.717, 1.165) is 33.0 Å². The molecule has 2 aromatic carbocycles. The highest BCUT2D eigenvalue weighted by Crippen LogP contribution is 2.50. The van der Waals surface area contributed by atoms with Crippen LogP contribution in [-0.2, 0) is 6.54 Å². The van der Waals surface area contributed by atoms with Crippen molar-refractivity contribution in [1.29, 1.82) is 0 Å². The molecule has 6 nitrogen and oxygen atoms in total. The third-order valence-electron chi connectivity index (χ3n) is 7.32. The predicted octanol–water partition coefficient (Wildman–Crippen LogP) is 5.95. The zero-order valence-electron chi connectivity index (χ0n) is 21.8. The number of Topliss-reactive ketones (excluding diaryl/α,β-unsaturated/α-hetero) is 1. The van der Waals surface area contributed by atoms with Gasteiger partial charge >= 0.3 is 6.03 Å². The van der Waals surface area contributed by atoms with Crippen LogP contribution >= 0.6 is 11.8 Å². The van der Waals surface area contributed by atoms with Gasteiger partial charge in [0.25, 0.3) is 0 Å². The monoisotopic (exact) mass is 515 g/mol. The Morgan fingerprint density at radius 1 is 1.19 bits per heavy atom. The molecule has 3 aromatic rings. The van der Waals surface area contributed by atoms with E-state index in [1.807, 2.05) is 61.7 Å². The minimum Gasteiger partial charge on any atom is -0.475 e. The highest BCUT2D eigenvalue weighted by Gasteiger charge is 2.60. The van der Waals surface area contributed by atoms with Crippen LogP contribution in [0.3, 0.4) is 0 Å². The van der Waals surface area contributed by atoms with Crippen LogP contribution in [0.5, 0.6) is 5.75 Å². The van der Waals surface area contributed by atoms with E-state index in [1.165, 1.54) is 0 Å². The number of ether oxygens (including phenoxy) is 1. The van der Waals surface area contributed by atoms with Crippen molar-refractivity contribution in [2.45, 2.75) is 56.6 Å². The van der Waals surface area contributed by atoms with Gasteiger partial charge in [0.2, 0.25) is 5.78 Å². The maximum absolute atomic E-state index is 14.1. The van der Waals surface area contributed by atoms with E-state index in [-0.39, 0.29) is 30.2 Å². The number of nitrogens with one attached hydrogen (secondary N) is 1. The standard InChI is InChI=1S/C30H33N3O3S/c1-5-37-23-13-12-22(31-16-23)15-32-29(35)33-17-25(21-9-7-6-8-10-21)30(18-33)28(34)26-20(4)11-14-24(19(2)3)27(26)36-30/h6-14,16,19,25H,5,15,17-18H2,1-4H3,(H,32,35). The molecule has 2 atom stereocenters. The van der Waals surface area contributed by atoms with Gasteiger partial charge in [0.05, 0.1) is 30.3 Å². The summed E-state index contributed by atoms with van der Waals surface area (Å²) >= 11 is 1.73. The van der Waals surface area contributed by atoms with Crippen LogP contribution in [-0.4, -0.2) is 46.1 Å². The highest BCUT2D eigenvalue weighted by molar-refractivity contribution is 7.99. The van der Waals surface area contributed by atoms with Gasteiger partial charge in [-0.3, -0.25) is 9.78 Å². The number of carbonyl (C=O) groups excluding carboxylic acids is 2. The molecule has 3 heterocycles. The summed E-state index contributed by atoms with van der Waals surface area (Å²) in [7, 11) is 0. The molecule has 37 heavy (non-hydrogen) atoms. The highest BCUT2D eigenvalue weighted by atomic mass is 32.2. The number of urea groups is 1. The fraction of sp³-hybridized carbons (Fsp3) is 0.367. The molecule has 0 radical (unpaired) electrons. The average molecular weight is 516 g/mol. The molecule has 1 aromatic heterocycles. The van der Waals surface area contributed by atoms with Crippen LogP contribution in [0, 0.1) is 6.92 Å². The molecule has 5 rings (SSSR count). The average Bonchev–Trinajstić information content (AvgIpc) is 3.42. The maximum atomic E-state index is 14.1. The van der Waals surface area contributed by atoms with Gasteiger partial charge in [0.15, 0.2) is 5.60 Å². The number of thioether (sulfide) groups is 1. The molecule has 2 aliphatic rings. The quantitative estimate of drug-likeness (QED) is 0.411. The molecule has 1 N–H and O–H groups in total. The van der Waals surface area contributed by atoms with Crippen LogP contribution in [0.25, 0.3) is 0 Å². The van der Waals surface area contributed by atoms with Gasteiger partial charge in [-0.2, -0.15) is 0 Å². The topological polar surface area (TPSA) is 71.5 Å². The first-order chi connectivity index (χ1) is 17.8. The molecule has 7 heteroatoms. The Balaban J connectivity index is 1.42. The smallest absolute Gasteiger partial charge is 0.317 e. The second-order valence-corrected chi connectivity index (χ2v) is 11.4. The van der Waals surface area contributed by atoms with E-state index in [9.17, 15) is 9.59 Å². The summed E-state index contributed by atoms with van der Waals surface area (Å²) in [4.78, 5) is 34.8. The first-order valence-electron chi connectivity index (χ1n) is 12.9. The van der Waals surface area contributed by atoms with Crippen LogP contribution in [0.2, 0.25) is 0 Å². The lowest BCUT2D eigenvalue weighted by molar-refractivity contribution is 0.0545. The number of pyridine rings is 1. The summed E-state index contributed by atoms with van der Waals surface area (Å²) in [6, 6.07) is 17.7. The number of aryl methyl sites for hydroxylation is 1. The second-order valence-electron chi connectivity index (χ2n) is 10.1. The fourth-order valence-corrected chi connectivity index (χ4v) is 6.03. The van der Waals surface area contributed by atoms with Gasteiger partial charge in [0, 0.05) is 17.6 Å². The Morgan fingerprint density at radius 2 is 1.97 bits per heavy atom. The van der Waals surface area contributed by atoms with Crippen molar-refractivity contribution >= 4 is 23.6 Å². The van der Waals surface area contributed by atoms with Crippen LogP contribution in [0.4, 0.5) is 4.79 Å². The lowest BCUT2D eigenvalue weighted by Crippen LogP contribution is -2.48. The number of nitrogens with zero attached hydrogens (tertiary/aromatic N) is 2. The van der Waals surface area contributed by atoms with Crippen molar-refractivity contribution in [3.63, 3.8) is 0 Å². The van der Waals surface area contributed by atoms with E-state index in [4.69, 9.17) is 4.74 Å². The maximum Gasteiger partial charge on any atom is 0.317 e. The normalized spacial score (nSPS) is 20.4. The van der Waals surface area contributed by atoms with E-state index in [2.05, 4.69) is 37.1 Å². The molecule has 2 aliphatic heterocycles. The molecular formula is C30H33N3O3S. The first-order valence-corrected chi connectivity index (χ1v) is 13.9. The van der Waals surface area contributed by atoms with Crippen LogP contribution in [0.15, 0.2) is 65.7 Å². The second kappa shape index (κ2) is 10.2. The number of ketones is 1. The molecule has 1 spiro atoms. The number of aromatic nitrogens is 1. The van der Waals surface area contributed by atoms with E-state index in [1.54, 1.807) is 16.7 Å². The lowest BCUT2D eigenvalue weighted by Gasteiger charge is -2.28. The van der Waals surface area contributed by atoms with E-state index < -0.39 is 5.60 Å². The summed E-state index contributed by atoms with van der Waals surface area (Å²) < 4.78 is 6.70. The summed E-state index contributed by atoms with van der Waals surface area (Å²) in [5.74, 6) is 1.57. The number of fused-ring (bicyclic) bond motifs is 1. The van der Waals surface area contributed by atoms with Crippen molar-refractivity contribution < 1.29 is 14.3 Å². The van der Waals surface area contributed by atoms with Crippen molar-refractivity contribution in [3.8, 4) is 5.75 Å². The zero-order valence-corrected chi connectivity index (χ0v) is 22.6. The Morgan fingerprint density at radius 3 is 2.65 bits per heavy atom. The molecule has 2 amide bonds. The lowest BCUT2D eigenvalue weighted by atomic mass is 9.80. The molecule has 192 valence electrons. The molecule has 0 bridgehead atoms. The summed E-state index contributed by atoms with van der Waals surface area (Å²) in [6.07, 6.45) is 1.84. The van der Waals surface area contributed by atoms with E-state index in [0.29, 0.717) is 24.4 Å². The Bertz CT molecular complexity index is 1310. The van der Waals surface area contributed by atoms with E-state index >= 15 is 0 Å². The molecule has 1 saturated heterocycles. The molecular weight excluding hydrogens is 482 g/mol. The number of hydrogen-bond donors (Lipinski definition) is 1. The number of rotatable bonds is 6. The van der Waals surface area contributed by atoms with Gasteiger partial charge in [0.1, 0.15) is 5.75 Å². The minimum absolute atomic E-state index is 0.0302. The minimum atomic E-state index is -1.14. The Hall–Kier alpha value is -3.32. The number of amides is 2. The molecule has 0 saturated carbocycles.